The van der Waals surface area contributed by atoms with E-state index >= 15 is 0 Å². The molecule has 1 aromatic rings. The molecule has 106 valence electrons. The minimum absolute atomic E-state index is 0.105. The second-order valence-electron chi connectivity index (χ2n) is 5.91. The predicted molar refractivity (Wildman–Crippen MR) is 79.2 cm³/mol. The number of aryl methyl sites for hydroxylation is 1. The molecule has 2 unspecified atom stereocenters. The van der Waals surface area contributed by atoms with Crippen molar-refractivity contribution in [3.8, 4) is 0 Å². The molecule has 1 aromatic carbocycles. The van der Waals surface area contributed by atoms with Crippen molar-refractivity contribution >= 4 is 5.69 Å². The van der Waals surface area contributed by atoms with E-state index in [0.29, 0.717) is 23.6 Å². The number of rotatable bonds is 3. The third-order valence-electron chi connectivity index (χ3n) is 4.21. The van der Waals surface area contributed by atoms with Crippen molar-refractivity contribution in [1.82, 2.24) is 5.32 Å². The zero-order valence-electron chi connectivity index (χ0n) is 12.4. The van der Waals surface area contributed by atoms with Gasteiger partial charge in [-0.25, -0.2) is 4.39 Å². The van der Waals surface area contributed by atoms with Gasteiger partial charge in [-0.3, -0.25) is 0 Å². The van der Waals surface area contributed by atoms with Crippen molar-refractivity contribution in [2.24, 2.45) is 5.92 Å². The van der Waals surface area contributed by atoms with Gasteiger partial charge in [-0.05, 0) is 37.0 Å². The number of hydrogen-bond donors (Lipinski definition) is 1. The number of hydrogen-bond acceptors (Lipinski definition) is 2. The lowest BCUT2D eigenvalue weighted by Gasteiger charge is -2.43. The van der Waals surface area contributed by atoms with Crippen molar-refractivity contribution in [3.05, 3.63) is 29.6 Å². The van der Waals surface area contributed by atoms with Crippen molar-refractivity contribution in [2.45, 2.75) is 46.2 Å². The van der Waals surface area contributed by atoms with Crippen LogP contribution in [0.15, 0.2) is 18.2 Å². The van der Waals surface area contributed by atoms with Crippen LogP contribution in [0.2, 0.25) is 0 Å². The molecular formula is C16H25FN2. The highest BCUT2D eigenvalue weighted by Gasteiger charge is 2.28. The Morgan fingerprint density at radius 1 is 1.42 bits per heavy atom. The topological polar surface area (TPSA) is 15.3 Å². The number of nitrogens with zero attached hydrogens (tertiary/aromatic N) is 1. The Morgan fingerprint density at radius 3 is 2.74 bits per heavy atom. The Kier molecular flexibility index (Phi) is 4.46. The zero-order chi connectivity index (χ0) is 14.0. The average Bonchev–Trinajstić information content (AvgIpc) is 2.41. The predicted octanol–water partition coefficient (Wildman–Crippen LogP) is 3.35. The highest BCUT2D eigenvalue weighted by atomic mass is 19.1. The summed E-state index contributed by atoms with van der Waals surface area (Å²) in [7, 11) is 0. The number of piperazine rings is 1. The highest BCUT2D eigenvalue weighted by molar-refractivity contribution is 5.50. The van der Waals surface area contributed by atoms with E-state index in [1.807, 2.05) is 19.1 Å². The fourth-order valence-corrected chi connectivity index (χ4v) is 2.71. The second-order valence-corrected chi connectivity index (χ2v) is 5.91. The first-order valence-corrected chi connectivity index (χ1v) is 7.29. The van der Waals surface area contributed by atoms with E-state index < -0.39 is 0 Å². The summed E-state index contributed by atoms with van der Waals surface area (Å²) >= 11 is 0. The minimum atomic E-state index is -0.105. The van der Waals surface area contributed by atoms with E-state index in [9.17, 15) is 4.39 Å². The summed E-state index contributed by atoms with van der Waals surface area (Å²) in [6.07, 6.45) is 1.08. The molecule has 0 aliphatic carbocycles. The molecule has 0 spiro atoms. The van der Waals surface area contributed by atoms with E-state index in [1.165, 1.54) is 0 Å². The Labute approximate surface area is 116 Å². The van der Waals surface area contributed by atoms with E-state index in [4.69, 9.17) is 0 Å². The van der Waals surface area contributed by atoms with Gasteiger partial charge in [0.1, 0.15) is 5.82 Å². The Bertz CT molecular complexity index is 431. The first-order chi connectivity index (χ1) is 9.02. The van der Waals surface area contributed by atoms with Crippen LogP contribution in [0.5, 0.6) is 0 Å². The normalized spacial score (nSPS) is 24.0. The third-order valence-corrected chi connectivity index (χ3v) is 4.21. The summed E-state index contributed by atoms with van der Waals surface area (Å²) in [4.78, 5) is 2.36. The summed E-state index contributed by atoms with van der Waals surface area (Å²) in [5, 5.41) is 3.61. The molecule has 0 saturated carbocycles. The van der Waals surface area contributed by atoms with Crippen molar-refractivity contribution in [1.29, 1.82) is 0 Å². The Balaban J connectivity index is 2.24. The standard InChI is InChI=1S/C16H25FN2/c1-5-13-9-18-16(11(2)3)10-19(13)14-7-6-12(4)15(17)8-14/h6-8,11,13,16,18H,5,9-10H2,1-4H3. The summed E-state index contributed by atoms with van der Waals surface area (Å²) < 4.78 is 13.8. The lowest BCUT2D eigenvalue weighted by atomic mass is 9.97. The maximum absolute atomic E-state index is 13.8. The summed E-state index contributed by atoms with van der Waals surface area (Å²) in [6, 6.07) is 6.54. The van der Waals surface area contributed by atoms with Crippen LogP contribution < -0.4 is 10.2 Å². The second kappa shape index (κ2) is 5.91. The molecule has 1 aliphatic rings. The van der Waals surface area contributed by atoms with Gasteiger partial charge in [0.15, 0.2) is 0 Å². The Morgan fingerprint density at radius 2 is 2.16 bits per heavy atom. The van der Waals surface area contributed by atoms with Crippen LogP contribution in [0.25, 0.3) is 0 Å². The van der Waals surface area contributed by atoms with Gasteiger partial charge in [0, 0.05) is 30.9 Å². The molecule has 1 heterocycles. The van der Waals surface area contributed by atoms with Gasteiger partial charge in [0.05, 0.1) is 0 Å². The van der Waals surface area contributed by atoms with Crippen molar-refractivity contribution < 1.29 is 4.39 Å². The maximum atomic E-state index is 13.8. The zero-order valence-corrected chi connectivity index (χ0v) is 12.4. The van der Waals surface area contributed by atoms with E-state index in [1.54, 1.807) is 6.07 Å². The van der Waals surface area contributed by atoms with Crippen molar-refractivity contribution in [3.63, 3.8) is 0 Å². The van der Waals surface area contributed by atoms with Crippen LogP contribution in [0.3, 0.4) is 0 Å². The molecule has 2 atom stereocenters. The van der Waals surface area contributed by atoms with Gasteiger partial charge >= 0.3 is 0 Å². The molecule has 1 fully saturated rings. The molecular weight excluding hydrogens is 239 g/mol. The smallest absolute Gasteiger partial charge is 0.128 e. The lowest BCUT2D eigenvalue weighted by Crippen LogP contribution is -2.58. The van der Waals surface area contributed by atoms with Crippen LogP contribution in [0.4, 0.5) is 10.1 Å². The minimum Gasteiger partial charge on any atom is -0.366 e. The van der Waals surface area contributed by atoms with Crippen molar-refractivity contribution in [2.75, 3.05) is 18.0 Å². The first-order valence-electron chi connectivity index (χ1n) is 7.29. The molecule has 3 heteroatoms. The molecule has 19 heavy (non-hydrogen) atoms. The molecule has 0 radical (unpaired) electrons. The van der Waals surface area contributed by atoms with Crippen LogP contribution in [-0.4, -0.2) is 25.2 Å². The molecule has 2 nitrogen and oxygen atoms in total. The fraction of sp³-hybridized carbons (Fsp3) is 0.625. The van der Waals surface area contributed by atoms with Crippen LogP contribution in [0, 0.1) is 18.7 Å². The van der Waals surface area contributed by atoms with Gasteiger partial charge in [-0.1, -0.05) is 26.8 Å². The number of nitrogens with one attached hydrogen (secondary N) is 1. The summed E-state index contributed by atoms with van der Waals surface area (Å²) in [5.41, 5.74) is 1.73. The molecule has 0 bridgehead atoms. The van der Waals surface area contributed by atoms with Crippen LogP contribution >= 0.6 is 0 Å². The van der Waals surface area contributed by atoms with E-state index in [2.05, 4.69) is 31.0 Å². The van der Waals surface area contributed by atoms with Crippen LogP contribution in [-0.2, 0) is 0 Å². The van der Waals surface area contributed by atoms with E-state index in [-0.39, 0.29) is 5.82 Å². The largest absolute Gasteiger partial charge is 0.366 e. The van der Waals surface area contributed by atoms with Gasteiger partial charge in [0.25, 0.3) is 0 Å². The molecule has 1 saturated heterocycles. The average molecular weight is 264 g/mol. The number of halogens is 1. The van der Waals surface area contributed by atoms with Gasteiger partial charge < -0.3 is 10.2 Å². The fourth-order valence-electron chi connectivity index (χ4n) is 2.71. The SMILES string of the molecule is CCC1CNC(C(C)C)CN1c1ccc(C)c(F)c1. The van der Waals surface area contributed by atoms with Gasteiger partial charge in [-0.2, -0.15) is 0 Å². The molecule has 1 aliphatic heterocycles. The summed E-state index contributed by atoms with van der Waals surface area (Å²) in [6.45, 7) is 10.4. The third kappa shape index (κ3) is 3.08. The monoisotopic (exact) mass is 264 g/mol. The molecule has 2 rings (SSSR count). The first kappa shape index (κ1) is 14.3. The lowest BCUT2D eigenvalue weighted by molar-refractivity contribution is 0.325. The number of benzene rings is 1. The van der Waals surface area contributed by atoms with Gasteiger partial charge in [-0.15, -0.1) is 0 Å². The summed E-state index contributed by atoms with van der Waals surface area (Å²) in [5.74, 6) is 0.489. The highest BCUT2D eigenvalue weighted by Crippen LogP contribution is 2.25. The van der Waals surface area contributed by atoms with E-state index in [0.717, 1.165) is 25.2 Å². The van der Waals surface area contributed by atoms with Gasteiger partial charge in [0.2, 0.25) is 0 Å². The molecule has 1 N–H and O–H groups in total. The maximum Gasteiger partial charge on any atom is 0.128 e. The number of anilines is 1. The quantitative estimate of drug-likeness (QED) is 0.900. The Hall–Kier alpha value is -1.09. The molecule has 0 amide bonds. The molecule has 0 aromatic heterocycles. The van der Waals surface area contributed by atoms with Crippen LogP contribution in [0.1, 0.15) is 32.8 Å².